The van der Waals surface area contributed by atoms with Crippen molar-refractivity contribution in [2.24, 2.45) is 0 Å². The quantitative estimate of drug-likeness (QED) is 0.644. The van der Waals surface area contributed by atoms with Crippen molar-refractivity contribution in [1.82, 2.24) is 15.0 Å². The number of nitrogens with zero attached hydrogens (tertiary/aromatic N) is 3. The fraction of sp³-hybridized carbons (Fsp3) is 0.182. The van der Waals surface area contributed by atoms with Gasteiger partial charge in [-0.15, -0.1) is 0 Å². The third kappa shape index (κ3) is 4.00. The van der Waals surface area contributed by atoms with E-state index in [4.69, 9.17) is 69.6 Å². The van der Waals surface area contributed by atoms with Crippen LogP contribution in [0.2, 0.25) is 0 Å². The maximum Gasteiger partial charge on any atom is 0.250 e. The molecule has 0 spiro atoms. The Morgan fingerprint density at radius 1 is 0.800 bits per heavy atom. The zero-order valence-corrected chi connectivity index (χ0v) is 14.0. The minimum Gasteiger partial charge on any atom is -0.209 e. The van der Waals surface area contributed by atoms with Gasteiger partial charge in [-0.3, -0.25) is 0 Å². The first-order valence-corrected chi connectivity index (χ1v) is 7.32. The first kappa shape index (κ1) is 16.3. The van der Waals surface area contributed by atoms with Crippen molar-refractivity contribution in [2.45, 2.75) is 7.59 Å². The molecule has 2 rings (SSSR count). The van der Waals surface area contributed by atoms with E-state index in [0.29, 0.717) is 5.56 Å². The van der Waals surface area contributed by atoms with E-state index in [1.807, 2.05) is 0 Å². The highest BCUT2D eigenvalue weighted by Gasteiger charge is 2.33. The van der Waals surface area contributed by atoms with Crippen LogP contribution in [0, 0.1) is 6.07 Å². The molecule has 0 bridgehead atoms. The van der Waals surface area contributed by atoms with Crippen LogP contribution < -0.4 is 0 Å². The van der Waals surface area contributed by atoms with Crippen LogP contribution in [0.15, 0.2) is 24.3 Å². The molecule has 0 aliphatic heterocycles. The molecular weight excluding hydrogens is 387 g/mol. The first-order valence-electron chi connectivity index (χ1n) is 5.05. The van der Waals surface area contributed by atoms with Crippen LogP contribution in [0.5, 0.6) is 0 Å². The molecule has 3 nitrogen and oxygen atoms in total. The van der Waals surface area contributed by atoms with Gasteiger partial charge in [0.2, 0.25) is 7.59 Å². The summed E-state index contributed by atoms with van der Waals surface area (Å²) in [5.41, 5.74) is 0.556. The summed E-state index contributed by atoms with van der Waals surface area (Å²) in [5.74, 6) is -0.0691. The van der Waals surface area contributed by atoms with Gasteiger partial charge in [-0.25, -0.2) is 15.0 Å². The number of hydrogen-bond acceptors (Lipinski definition) is 3. The van der Waals surface area contributed by atoms with Crippen molar-refractivity contribution in [3.05, 3.63) is 42.0 Å². The number of alkyl halides is 6. The summed E-state index contributed by atoms with van der Waals surface area (Å²) >= 11 is 34.7. The minimum atomic E-state index is -1.86. The lowest BCUT2D eigenvalue weighted by Crippen LogP contribution is -2.16. The summed E-state index contributed by atoms with van der Waals surface area (Å²) in [6.45, 7) is 0. The van der Waals surface area contributed by atoms with Gasteiger partial charge in [0.15, 0.2) is 17.5 Å². The van der Waals surface area contributed by atoms with E-state index >= 15 is 0 Å². The average molecular weight is 391 g/mol. The molecular formula is C11H4Cl6N3. The predicted octanol–water partition coefficient (Wildman–Crippen LogP) is 4.99. The summed E-state index contributed by atoms with van der Waals surface area (Å²) < 4.78 is -3.73. The number of rotatable bonds is 1. The summed E-state index contributed by atoms with van der Waals surface area (Å²) in [5, 5.41) is 0. The Labute approximate surface area is 145 Å². The SMILES string of the molecule is ClC(Cl)(Cl)c1nc(-c2[c]cccc2)nc(C(Cl)(Cl)Cl)n1. The van der Waals surface area contributed by atoms with Crippen LogP contribution in [-0.4, -0.2) is 15.0 Å². The molecule has 105 valence electrons. The second-order valence-corrected chi connectivity index (χ2v) is 8.14. The lowest BCUT2D eigenvalue weighted by Gasteiger charge is -2.15. The highest BCUT2D eigenvalue weighted by Crippen LogP contribution is 2.40. The predicted molar refractivity (Wildman–Crippen MR) is 82.6 cm³/mol. The van der Waals surface area contributed by atoms with Crippen molar-refractivity contribution in [1.29, 1.82) is 0 Å². The smallest absolute Gasteiger partial charge is 0.209 e. The van der Waals surface area contributed by atoms with E-state index < -0.39 is 7.59 Å². The van der Waals surface area contributed by atoms with Gasteiger partial charge in [0.05, 0.1) is 0 Å². The second-order valence-electron chi connectivity index (χ2n) is 3.58. The van der Waals surface area contributed by atoms with Crippen LogP contribution in [0.3, 0.4) is 0 Å². The fourth-order valence-corrected chi connectivity index (χ4v) is 1.79. The Kier molecular flexibility index (Phi) is 4.90. The van der Waals surface area contributed by atoms with Gasteiger partial charge in [-0.2, -0.15) is 0 Å². The van der Waals surface area contributed by atoms with Crippen molar-refractivity contribution in [2.75, 3.05) is 0 Å². The topological polar surface area (TPSA) is 38.7 Å². The van der Waals surface area contributed by atoms with Crippen molar-refractivity contribution in [3.8, 4) is 11.4 Å². The Balaban J connectivity index is 2.64. The van der Waals surface area contributed by atoms with Gasteiger partial charge >= 0.3 is 0 Å². The van der Waals surface area contributed by atoms with Gasteiger partial charge in [-0.05, 0) is 6.07 Å². The van der Waals surface area contributed by atoms with Gasteiger partial charge in [0, 0.05) is 5.56 Å². The molecule has 1 radical (unpaired) electrons. The highest BCUT2D eigenvalue weighted by molar-refractivity contribution is 6.67. The maximum absolute atomic E-state index is 5.78. The third-order valence-corrected chi connectivity index (χ3v) is 3.11. The van der Waals surface area contributed by atoms with Crippen LogP contribution in [0.4, 0.5) is 0 Å². The molecule has 1 aromatic heterocycles. The second kappa shape index (κ2) is 5.99. The Morgan fingerprint density at radius 3 is 1.75 bits per heavy atom. The molecule has 0 N–H and O–H groups in total. The molecule has 9 heteroatoms. The summed E-state index contributed by atoms with van der Waals surface area (Å²) in [6, 6.07) is 9.90. The zero-order valence-electron chi connectivity index (χ0n) is 9.42. The third-order valence-electron chi connectivity index (χ3n) is 2.09. The van der Waals surface area contributed by atoms with Crippen molar-refractivity contribution < 1.29 is 0 Å². The average Bonchev–Trinajstić information content (AvgIpc) is 2.37. The molecule has 0 saturated heterocycles. The van der Waals surface area contributed by atoms with Crippen LogP contribution in [0.1, 0.15) is 11.6 Å². The molecule has 0 aliphatic rings. The molecule has 0 fully saturated rings. The Morgan fingerprint density at radius 2 is 1.35 bits per heavy atom. The lowest BCUT2D eigenvalue weighted by molar-refractivity contribution is 0.851. The fourth-order valence-electron chi connectivity index (χ4n) is 1.28. The van der Waals surface area contributed by atoms with Gasteiger partial charge in [0.1, 0.15) is 0 Å². The van der Waals surface area contributed by atoms with Gasteiger partial charge in [0.25, 0.3) is 0 Å². The van der Waals surface area contributed by atoms with Crippen LogP contribution in [0.25, 0.3) is 11.4 Å². The van der Waals surface area contributed by atoms with Crippen molar-refractivity contribution >= 4 is 69.6 Å². The number of halogens is 6. The maximum atomic E-state index is 5.78. The zero-order chi connectivity index (χ0) is 15.0. The number of hydrogen-bond donors (Lipinski definition) is 0. The molecule has 0 atom stereocenters. The molecule has 1 heterocycles. The Hall–Kier alpha value is -0.0300. The first-order chi connectivity index (χ1) is 9.18. The van der Waals surface area contributed by atoms with E-state index in [9.17, 15) is 0 Å². The standard InChI is InChI=1S/C11H4Cl6N3/c12-10(13,14)8-18-7(6-4-2-1-3-5-6)19-9(20-8)11(15,16)17/h1-4H. The van der Waals surface area contributed by atoms with Crippen LogP contribution in [-0.2, 0) is 7.59 Å². The Bertz CT molecular complexity index is 574. The normalized spacial score (nSPS) is 12.5. The summed E-state index contributed by atoms with van der Waals surface area (Å²) in [7, 11) is 0. The largest absolute Gasteiger partial charge is 0.250 e. The van der Waals surface area contributed by atoms with Gasteiger partial charge in [-0.1, -0.05) is 93.9 Å². The molecule has 0 unspecified atom stereocenters. The molecule has 0 aliphatic carbocycles. The summed E-state index contributed by atoms with van der Waals surface area (Å²) in [6.07, 6.45) is 0. The molecule has 1 aromatic carbocycles. The van der Waals surface area contributed by atoms with E-state index in [1.54, 1.807) is 24.3 Å². The minimum absolute atomic E-state index is 0.133. The lowest BCUT2D eigenvalue weighted by atomic mass is 10.2. The highest BCUT2D eigenvalue weighted by atomic mass is 35.6. The van der Waals surface area contributed by atoms with Crippen molar-refractivity contribution in [3.63, 3.8) is 0 Å². The van der Waals surface area contributed by atoms with E-state index in [-0.39, 0.29) is 17.5 Å². The van der Waals surface area contributed by atoms with Crippen LogP contribution >= 0.6 is 69.6 Å². The molecule has 20 heavy (non-hydrogen) atoms. The summed E-state index contributed by atoms with van der Waals surface area (Å²) in [4.78, 5) is 12.0. The molecule has 2 aromatic rings. The number of aromatic nitrogens is 3. The van der Waals surface area contributed by atoms with E-state index in [0.717, 1.165) is 0 Å². The molecule has 0 saturated carbocycles. The van der Waals surface area contributed by atoms with E-state index in [1.165, 1.54) is 0 Å². The number of benzene rings is 1. The monoisotopic (exact) mass is 388 g/mol. The van der Waals surface area contributed by atoms with Gasteiger partial charge < -0.3 is 0 Å². The van der Waals surface area contributed by atoms with E-state index in [2.05, 4.69) is 21.0 Å². The molecule has 0 amide bonds.